The van der Waals surface area contributed by atoms with Crippen LogP contribution in [0.5, 0.6) is 0 Å². The smallest absolute Gasteiger partial charge is 0.137 e. The highest BCUT2D eigenvalue weighted by molar-refractivity contribution is 5.85. The molecule has 0 aliphatic rings. The quantitative estimate of drug-likeness (QED) is 0.540. The van der Waals surface area contributed by atoms with Gasteiger partial charge >= 0.3 is 0 Å². The van der Waals surface area contributed by atoms with Gasteiger partial charge in [-0.2, -0.15) is 0 Å². The lowest BCUT2D eigenvalue weighted by molar-refractivity contribution is 0.576. The molecule has 0 spiro atoms. The van der Waals surface area contributed by atoms with Gasteiger partial charge in [0.1, 0.15) is 17.3 Å². The van der Waals surface area contributed by atoms with Gasteiger partial charge in [0.25, 0.3) is 0 Å². The topological polar surface area (TPSA) is 67.6 Å². The highest BCUT2D eigenvalue weighted by Gasteiger charge is 2.16. The molecule has 4 nitrogen and oxygen atoms in total. The maximum atomic E-state index is 13.4. The van der Waals surface area contributed by atoms with Crippen LogP contribution < -0.4 is 5.73 Å². The molecule has 27 heavy (non-hydrogen) atoms. The molecule has 3 aromatic heterocycles. The van der Waals surface area contributed by atoms with Gasteiger partial charge in [-0.25, -0.2) is 13.8 Å². The highest BCUT2D eigenvalue weighted by atomic mass is 35.5. The van der Waals surface area contributed by atoms with Gasteiger partial charge < -0.3 is 10.7 Å². The van der Waals surface area contributed by atoms with Crippen molar-refractivity contribution < 1.29 is 8.78 Å². The molecule has 4 rings (SSSR count). The van der Waals surface area contributed by atoms with Gasteiger partial charge in [0.05, 0.1) is 11.7 Å². The zero-order chi connectivity index (χ0) is 18.1. The Morgan fingerprint density at radius 3 is 2.59 bits per heavy atom. The molecule has 0 radical (unpaired) electrons. The van der Waals surface area contributed by atoms with Crippen molar-refractivity contribution in [3.8, 4) is 11.1 Å². The lowest BCUT2D eigenvalue weighted by Gasteiger charge is -2.16. The fourth-order valence-electron chi connectivity index (χ4n) is 3.12. The molecule has 138 valence electrons. The number of H-pyrrole nitrogens is 1. The van der Waals surface area contributed by atoms with Gasteiger partial charge in [-0.15, -0.1) is 12.4 Å². The molecule has 0 bridgehead atoms. The third kappa shape index (κ3) is 3.97. The number of fused-ring (bicyclic) bond motifs is 1. The summed E-state index contributed by atoms with van der Waals surface area (Å²) in [5.74, 6) is -1.23. The second-order valence-electron chi connectivity index (χ2n) is 6.16. The van der Waals surface area contributed by atoms with Crippen LogP contribution in [0.1, 0.15) is 17.3 Å². The summed E-state index contributed by atoms with van der Waals surface area (Å²) in [6.45, 7) is 0. The molecule has 0 fully saturated rings. The van der Waals surface area contributed by atoms with Gasteiger partial charge in [0.2, 0.25) is 0 Å². The Bertz CT molecular complexity index is 1060. The highest BCUT2D eigenvalue weighted by Crippen LogP contribution is 2.28. The SMILES string of the molecule is Cl.NC(Cc1cc(F)cc(F)c1)c1ncccc1-c1cnc2[nH]ccc2c1. The number of nitrogens with one attached hydrogen (secondary N) is 1. The molecule has 0 aliphatic carbocycles. The summed E-state index contributed by atoms with van der Waals surface area (Å²) >= 11 is 0. The number of pyridine rings is 2. The summed E-state index contributed by atoms with van der Waals surface area (Å²) in [7, 11) is 0. The Kier molecular flexibility index (Phi) is 5.48. The molecular weight excluding hydrogens is 370 g/mol. The average molecular weight is 387 g/mol. The minimum Gasteiger partial charge on any atom is -0.346 e. The van der Waals surface area contributed by atoms with E-state index < -0.39 is 17.7 Å². The largest absolute Gasteiger partial charge is 0.346 e. The van der Waals surface area contributed by atoms with Crippen molar-refractivity contribution in [2.75, 3.05) is 0 Å². The third-order valence-electron chi connectivity index (χ3n) is 4.28. The Labute approximate surface area is 160 Å². The van der Waals surface area contributed by atoms with Crippen molar-refractivity contribution in [3.63, 3.8) is 0 Å². The van der Waals surface area contributed by atoms with Crippen molar-refractivity contribution in [2.45, 2.75) is 12.5 Å². The van der Waals surface area contributed by atoms with E-state index in [0.717, 1.165) is 28.2 Å². The molecule has 7 heteroatoms. The number of hydrogen-bond donors (Lipinski definition) is 2. The Hall–Kier alpha value is -2.83. The minimum absolute atomic E-state index is 0. The Balaban J connectivity index is 0.00000210. The number of nitrogens with zero attached hydrogens (tertiary/aromatic N) is 2. The second kappa shape index (κ2) is 7.82. The van der Waals surface area contributed by atoms with Crippen LogP contribution in [0, 0.1) is 11.6 Å². The first kappa shape index (κ1) is 18.9. The second-order valence-corrected chi connectivity index (χ2v) is 6.16. The van der Waals surface area contributed by atoms with Crippen molar-refractivity contribution in [3.05, 3.63) is 83.9 Å². The molecule has 0 saturated carbocycles. The van der Waals surface area contributed by atoms with Gasteiger partial charge in [-0.05, 0) is 42.3 Å². The first-order valence-electron chi connectivity index (χ1n) is 8.19. The van der Waals surface area contributed by atoms with Crippen LogP contribution >= 0.6 is 12.4 Å². The van der Waals surface area contributed by atoms with Gasteiger partial charge in [0.15, 0.2) is 0 Å². The van der Waals surface area contributed by atoms with E-state index in [1.54, 1.807) is 12.4 Å². The van der Waals surface area contributed by atoms with Crippen LogP contribution in [0.3, 0.4) is 0 Å². The van der Waals surface area contributed by atoms with E-state index >= 15 is 0 Å². The fourth-order valence-corrected chi connectivity index (χ4v) is 3.12. The average Bonchev–Trinajstić information content (AvgIpc) is 3.08. The number of aromatic amines is 1. The van der Waals surface area contributed by atoms with E-state index in [-0.39, 0.29) is 18.8 Å². The standard InChI is InChI=1S/C20H16F2N4.ClH/c21-15-6-12(7-16(22)10-15)8-18(23)19-17(2-1-4-24-19)14-9-13-3-5-25-20(13)26-11-14;/h1-7,9-11,18H,8,23H2,(H,25,26);1H. The predicted molar refractivity (Wildman–Crippen MR) is 104 cm³/mol. The van der Waals surface area contributed by atoms with Crippen molar-refractivity contribution in [1.82, 2.24) is 15.0 Å². The Morgan fingerprint density at radius 1 is 1.04 bits per heavy atom. The molecule has 1 atom stereocenters. The molecule has 0 aliphatic heterocycles. The van der Waals surface area contributed by atoms with Gasteiger partial charge in [-0.3, -0.25) is 4.98 Å². The lowest BCUT2D eigenvalue weighted by Crippen LogP contribution is -2.16. The fraction of sp³-hybridized carbons (Fsp3) is 0.100. The van der Waals surface area contributed by atoms with Crippen LogP contribution in [-0.4, -0.2) is 15.0 Å². The number of nitrogens with two attached hydrogens (primary N) is 1. The van der Waals surface area contributed by atoms with Crippen LogP contribution in [0.15, 0.2) is 61.1 Å². The monoisotopic (exact) mass is 386 g/mol. The number of aromatic nitrogens is 3. The van der Waals surface area contributed by atoms with Crippen LogP contribution in [0.4, 0.5) is 8.78 Å². The van der Waals surface area contributed by atoms with Crippen molar-refractivity contribution in [2.24, 2.45) is 5.73 Å². The summed E-state index contributed by atoms with van der Waals surface area (Å²) in [4.78, 5) is 11.9. The Morgan fingerprint density at radius 2 is 1.81 bits per heavy atom. The van der Waals surface area contributed by atoms with E-state index in [9.17, 15) is 8.78 Å². The predicted octanol–water partition coefficient (Wildman–Crippen LogP) is 4.57. The summed E-state index contributed by atoms with van der Waals surface area (Å²) in [5, 5.41) is 0.984. The third-order valence-corrected chi connectivity index (χ3v) is 4.28. The molecule has 1 aromatic carbocycles. The summed E-state index contributed by atoms with van der Waals surface area (Å²) < 4.78 is 26.9. The first-order valence-corrected chi connectivity index (χ1v) is 8.19. The van der Waals surface area contributed by atoms with E-state index in [0.29, 0.717) is 11.3 Å². The van der Waals surface area contributed by atoms with Crippen LogP contribution in [0.2, 0.25) is 0 Å². The van der Waals surface area contributed by atoms with Gasteiger partial charge in [0, 0.05) is 41.2 Å². The maximum absolute atomic E-state index is 13.4. The van der Waals surface area contributed by atoms with Crippen LogP contribution in [0.25, 0.3) is 22.2 Å². The zero-order valence-corrected chi connectivity index (χ0v) is 15.0. The molecule has 4 aromatic rings. The number of halogens is 3. The number of rotatable bonds is 4. The molecule has 3 heterocycles. The van der Waals surface area contributed by atoms with E-state index in [4.69, 9.17) is 5.73 Å². The first-order chi connectivity index (χ1) is 12.6. The lowest BCUT2D eigenvalue weighted by atomic mass is 9.96. The van der Waals surface area contributed by atoms with Gasteiger partial charge in [-0.1, -0.05) is 6.07 Å². The zero-order valence-electron chi connectivity index (χ0n) is 14.2. The summed E-state index contributed by atoms with van der Waals surface area (Å²) in [6, 6.07) is 10.6. The van der Waals surface area contributed by atoms with E-state index in [1.807, 2.05) is 30.5 Å². The van der Waals surface area contributed by atoms with Crippen molar-refractivity contribution >= 4 is 23.4 Å². The van der Waals surface area contributed by atoms with E-state index in [2.05, 4.69) is 15.0 Å². The number of hydrogen-bond acceptors (Lipinski definition) is 3. The van der Waals surface area contributed by atoms with Crippen molar-refractivity contribution in [1.29, 1.82) is 0 Å². The summed E-state index contributed by atoms with van der Waals surface area (Å²) in [5.41, 5.74) is 10.0. The van der Waals surface area contributed by atoms with E-state index in [1.165, 1.54) is 12.1 Å². The number of benzene rings is 1. The normalized spacial score (nSPS) is 12.0. The van der Waals surface area contributed by atoms with Crippen LogP contribution in [-0.2, 0) is 6.42 Å². The maximum Gasteiger partial charge on any atom is 0.137 e. The summed E-state index contributed by atoms with van der Waals surface area (Å²) in [6.07, 6.45) is 5.52. The minimum atomic E-state index is -0.615. The molecule has 0 amide bonds. The molecule has 1 unspecified atom stereocenters. The molecule has 3 N–H and O–H groups in total. The molecule has 0 saturated heterocycles. The molecular formula is C20H17ClF2N4.